The van der Waals surface area contributed by atoms with Crippen molar-refractivity contribution in [3.8, 4) is 79.2 Å². The first-order valence-electron chi connectivity index (χ1n) is 20.6. The Morgan fingerprint density at radius 2 is 0.934 bits per heavy atom. The summed E-state index contributed by atoms with van der Waals surface area (Å²) in [6.07, 6.45) is 0. The van der Waals surface area contributed by atoms with Crippen LogP contribution in [0.2, 0.25) is 0 Å². The number of benzene rings is 9. The third-order valence-electron chi connectivity index (χ3n) is 12.2. The minimum absolute atomic E-state index is 0.518. The Bertz CT molecular complexity index is 3250. The van der Waals surface area contributed by atoms with E-state index in [0.29, 0.717) is 23.1 Å². The van der Waals surface area contributed by atoms with Gasteiger partial charge in [0.15, 0.2) is 28.8 Å². The molecular weight excluding hydrogens is 745 g/mol. The highest BCUT2D eigenvalue weighted by atomic mass is 16.6. The molecule has 12 rings (SSSR count). The van der Waals surface area contributed by atoms with Crippen molar-refractivity contribution in [2.45, 2.75) is 5.41 Å². The van der Waals surface area contributed by atoms with Crippen molar-refractivity contribution in [3.63, 3.8) is 0 Å². The van der Waals surface area contributed by atoms with E-state index in [2.05, 4.69) is 194 Å². The molecule has 0 amide bonds. The van der Waals surface area contributed by atoms with Crippen molar-refractivity contribution in [1.29, 1.82) is 0 Å². The first kappa shape index (κ1) is 34.9. The van der Waals surface area contributed by atoms with Crippen LogP contribution < -0.4 is 9.47 Å². The van der Waals surface area contributed by atoms with Crippen LogP contribution in [0.5, 0.6) is 23.0 Å². The summed E-state index contributed by atoms with van der Waals surface area (Å²) in [6.45, 7) is 0. The predicted octanol–water partition coefficient (Wildman–Crippen LogP) is 14.6. The van der Waals surface area contributed by atoms with E-state index in [1.807, 2.05) is 24.3 Å². The standard InChI is InChI=1S/C57H36N2O2/c1-4-15-40(16-5-1)56-58-49(36-50(59-56)43-29-26-37-14-10-11-17-41(37)34-43)39-27-24-38(25-28-39)42-30-32-51-53(35-42)60-52-33-31-48-54(55(52)61-51)46-22-12-13-23-47(46)57(48,44-18-6-2-7-19-44)45-20-8-3-9-21-45/h1-36H. The van der Waals surface area contributed by atoms with E-state index < -0.39 is 5.41 Å². The van der Waals surface area contributed by atoms with Crippen LogP contribution in [-0.2, 0) is 5.41 Å². The van der Waals surface area contributed by atoms with Gasteiger partial charge in [0, 0.05) is 22.3 Å². The van der Waals surface area contributed by atoms with E-state index in [-0.39, 0.29) is 0 Å². The van der Waals surface area contributed by atoms with Gasteiger partial charge in [-0.05, 0) is 80.0 Å². The second kappa shape index (κ2) is 14.0. The molecule has 286 valence electrons. The van der Waals surface area contributed by atoms with Crippen molar-refractivity contribution < 1.29 is 9.47 Å². The van der Waals surface area contributed by atoms with Crippen LogP contribution in [0.15, 0.2) is 218 Å². The third kappa shape index (κ3) is 5.68. The molecule has 0 bridgehead atoms. The molecule has 0 spiro atoms. The van der Waals surface area contributed by atoms with Crippen molar-refractivity contribution >= 4 is 10.8 Å². The highest BCUT2D eigenvalue weighted by Gasteiger charge is 2.48. The average Bonchev–Trinajstić information content (AvgIpc) is 3.65. The summed E-state index contributed by atoms with van der Waals surface area (Å²) in [5.41, 5.74) is 13.4. The maximum absolute atomic E-state index is 6.89. The summed E-state index contributed by atoms with van der Waals surface area (Å²) in [5, 5.41) is 2.38. The van der Waals surface area contributed by atoms with Gasteiger partial charge in [-0.1, -0.05) is 188 Å². The van der Waals surface area contributed by atoms with E-state index in [4.69, 9.17) is 19.4 Å². The molecule has 0 atom stereocenters. The van der Waals surface area contributed by atoms with E-state index in [9.17, 15) is 0 Å². The van der Waals surface area contributed by atoms with Gasteiger partial charge in [-0.25, -0.2) is 9.97 Å². The lowest BCUT2D eigenvalue weighted by atomic mass is 9.68. The lowest BCUT2D eigenvalue weighted by molar-refractivity contribution is 0.360. The van der Waals surface area contributed by atoms with Gasteiger partial charge in [0.2, 0.25) is 0 Å². The van der Waals surface area contributed by atoms with Crippen LogP contribution in [0.3, 0.4) is 0 Å². The van der Waals surface area contributed by atoms with Crippen LogP contribution in [0.25, 0.3) is 66.9 Å². The summed E-state index contributed by atoms with van der Waals surface area (Å²) in [4.78, 5) is 10.1. The molecule has 2 heterocycles. The zero-order valence-electron chi connectivity index (χ0n) is 33.0. The summed E-state index contributed by atoms with van der Waals surface area (Å²) >= 11 is 0. The highest BCUT2D eigenvalue weighted by Crippen LogP contribution is 2.62. The first-order valence-corrected chi connectivity index (χ1v) is 20.6. The second-order valence-electron chi connectivity index (χ2n) is 15.7. The number of ether oxygens (including phenoxy) is 2. The quantitative estimate of drug-likeness (QED) is 0.169. The molecule has 1 aromatic heterocycles. The smallest absolute Gasteiger partial charge is 0.178 e. The van der Waals surface area contributed by atoms with Gasteiger partial charge >= 0.3 is 0 Å². The molecule has 2 aliphatic rings. The molecule has 0 saturated heterocycles. The molecule has 9 aromatic carbocycles. The first-order chi connectivity index (χ1) is 30.2. The molecule has 0 fully saturated rings. The van der Waals surface area contributed by atoms with E-state index in [1.165, 1.54) is 33.0 Å². The summed E-state index contributed by atoms with van der Waals surface area (Å²) in [6, 6.07) is 76.5. The van der Waals surface area contributed by atoms with Crippen LogP contribution in [0.1, 0.15) is 22.3 Å². The third-order valence-corrected chi connectivity index (χ3v) is 12.2. The Labute approximate surface area is 354 Å². The highest BCUT2D eigenvalue weighted by molar-refractivity contribution is 5.92. The van der Waals surface area contributed by atoms with Gasteiger partial charge in [-0.15, -0.1) is 0 Å². The number of fused-ring (bicyclic) bond motifs is 7. The number of hydrogen-bond acceptors (Lipinski definition) is 4. The Kier molecular flexibility index (Phi) is 8.04. The van der Waals surface area contributed by atoms with Crippen molar-refractivity contribution in [2.24, 2.45) is 0 Å². The van der Waals surface area contributed by atoms with Crippen LogP contribution >= 0.6 is 0 Å². The fraction of sp³-hybridized carbons (Fsp3) is 0.0175. The van der Waals surface area contributed by atoms with Crippen LogP contribution in [-0.4, -0.2) is 9.97 Å². The fourth-order valence-corrected chi connectivity index (χ4v) is 9.38. The second-order valence-corrected chi connectivity index (χ2v) is 15.7. The molecule has 0 saturated carbocycles. The van der Waals surface area contributed by atoms with E-state index in [0.717, 1.165) is 56.1 Å². The minimum Gasteiger partial charge on any atom is -0.449 e. The fourth-order valence-electron chi connectivity index (χ4n) is 9.38. The summed E-state index contributed by atoms with van der Waals surface area (Å²) < 4.78 is 13.6. The van der Waals surface area contributed by atoms with Gasteiger partial charge in [0.1, 0.15) is 0 Å². The molecule has 4 nitrogen and oxygen atoms in total. The van der Waals surface area contributed by atoms with Crippen LogP contribution in [0.4, 0.5) is 0 Å². The Balaban J connectivity index is 0.896. The molecule has 1 aliphatic heterocycles. The molecule has 61 heavy (non-hydrogen) atoms. The Morgan fingerprint density at radius 3 is 1.69 bits per heavy atom. The molecule has 4 heteroatoms. The van der Waals surface area contributed by atoms with Gasteiger partial charge in [-0.2, -0.15) is 0 Å². The molecule has 0 unspecified atom stereocenters. The van der Waals surface area contributed by atoms with Gasteiger partial charge in [0.25, 0.3) is 0 Å². The Morgan fingerprint density at radius 1 is 0.344 bits per heavy atom. The summed E-state index contributed by atoms with van der Waals surface area (Å²) in [5.74, 6) is 3.50. The van der Waals surface area contributed by atoms with Gasteiger partial charge < -0.3 is 9.47 Å². The molecular formula is C57H36N2O2. The SMILES string of the molecule is c1ccc(-c2nc(-c3ccc(-c4ccc5c(c4)Oc4ccc6c(c4O5)-c4ccccc4C6(c4ccccc4)c4ccccc4)cc3)cc(-c3ccc4ccccc4c3)n2)cc1. The molecule has 10 aromatic rings. The Hall–Kier alpha value is -8.08. The van der Waals surface area contributed by atoms with E-state index in [1.54, 1.807) is 0 Å². The molecule has 0 N–H and O–H groups in total. The number of nitrogens with zero attached hydrogens (tertiary/aromatic N) is 2. The topological polar surface area (TPSA) is 44.2 Å². The molecule has 0 radical (unpaired) electrons. The number of aromatic nitrogens is 2. The molecule has 1 aliphatic carbocycles. The maximum Gasteiger partial charge on any atom is 0.178 e. The van der Waals surface area contributed by atoms with E-state index >= 15 is 0 Å². The van der Waals surface area contributed by atoms with Crippen molar-refractivity contribution in [1.82, 2.24) is 9.97 Å². The van der Waals surface area contributed by atoms with Crippen LogP contribution in [0, 0.1) is 0 Å². The lowest BCUT2D eigenvalue weighted by Gasteiger charge is -2.34. The monoisotopic (exact) mass is 780 g/mol. The maximum atomic E-state index is 6.89. The largest absolute Gasteiger partial charge is 0.449 e. The number of hydrogen-bond donors (Lipinski definition) is 0. The summed E-state index contributed by atoms with van der Waals surface area (Å²) in [7, 11) is 0. The minimum atomic E-state index is -0.518. The zero-order valence-corrected chi connectivity index (χ0v) is 33.0. The lowest BCUT2D eigenvalue weighted by Crippen LogP contribution is -2.28. The van der Waals surface area contributed by atoms with Crippen molar-refractivity contribution in [2.75, 3.05) is 0 Å². The van der Waals surface area contributed by atoms with Gasteiger partial charge in [-0.3, -0.25) is 0 Å². The average molecular weight is 781 g/mol. The normalized spacial score (nSPS) is 13.0. The van der Waals surface area contributed by atoms with Crippen molar-refractivity contribution in [3.05, 3.63) is 241 Å². The number of rotatable bonds is 6. The zero-order chi connectivity index (χ0) is 40.3. The predicted molar refractivity (Wildman–Crippen MR) is 245 cm³/mol. The van der Waals surface area contributed by atoms with Gasteiger partial charge in [0.05, 0.1) is 16.8 Å².